The molecule has 1 heterocycles. The van der Waals surface area contributed by atoms with Gasteiger partial charge >= 0.3 is 0 Å². The summed E-state index contributed by atoms with van der Waals surface area (Å²) in [6.07, 6.45) is 0.829. The third-order valence-corrected chi connectivity index (χ3v) is 6.75. The number of hydrogen-bond acceptors (Lipinski definition) is 4. The Labute approximate surface area is 210 Å². The Morgan fingerprint density at radius 1 is 1.09 bits per heavy atom. The quantitative estimate of drug-likeness (QED) is 0.257. The summed E-state index contributed by atoms with van der Waals surface area (Å²) < 4.78 is 2.97. The zero-order valence-electron chi connectivity index (χ0n) is 18.2. The highest BCUT2D eigenvalue weighted by Crippen LogP contribution is 2.30. The van der Waals surface area contributed by atoms with Crippen molar-refractivity contribution in [2.45, 2.75) is 25.4 Å². The fourth-order valence-corrected chi connectivity index (χ4v) is 5.03. The number of aromatic nitrogens is 3. The summed E-state index contributed by atoms with van der Waals surface area (Å²) in [4.78, 5) is 12.8. The van der Waals surface area contributed by atoms with E-state index >= 15 is 0 Å². The number of hydrogen-bond donors (Lipinski definition) is 1. The van der Waals surface area contributed by atoms with E-state index < -0.39 is 0 Å². The Balaban J connectivity index is 1.59. The predicted molar refractivity (Wildman–Crippen MR) is 139 cm³/mol. The van der Waals surface area contributed by atoms with Crippen LogP contribution < -0.4 is 5.32 Å². The van der Waals surface area contributed by atoms with Gasteiger partial charge in [-0.3, -0.25) is 9.36 Å². The maximum absolute atomic E-state index is 12.8. The first-order chi connectivity index (χ1) is 16.0. The van der Waals surface area contributed by atoms with Crippen LogP contribution in [0, 0.1) is 6.92 Å². The molecule has 0 atom stereocenters. The van der Waals surface area contributed by atoms with Crippen LogP contribution in [0.1, 0.15) is 18.1 Å². The van der Waals surface area contributed by atoms with Gasteiger partial charge in [0.15, 0.2) is 11.0 Å². The molecule has 0 saturated heterocycles. The molecule has 0 spiro atoms. The van der Waals surface area contributed by atoms with Crippen LogP contribution in [0.25, 0.3) is 17.1 Å². The second-order valence-electron chi connectivity index (χ2n) is 7.43. The molecule has 1 amide bonds. The number of anilines is 1. The summed E-state index contributed by atoms with van der Waals surface area (Å²) in [5.74, 6) is 0.818. The standard InChI is InChI=1S/C25H22BrClN4OS/c1-3-17-14-19(26)13-16(2)23(17)28-22(32)15-33-25-30-29-24(18-9-11-20(27)12-10-18)31(25)21-7-5-4-6-8-21/h4-14H,3,15H2,1-2H3,(H,28,32). The number of halogens is 2. The van der Waals surface area contributed by atoms with Gasteiger partial charge in [0.1, 0.15) is 0 Å². The number of nitrogens with one attached hydrogen (secondary N) is 1. The van der Waals surface area contributed by atoms with Crippen molar-refractivity contribution in [3.05, 3.63) is 87.4 Å². The molecule has 0 aliphatic rings. The highest BCUT2D eigenvalue weighted by Gasteiger charge is 2.18. The van der Waals surface area contributed by atoms with Gasteiger partial charge in [0.05, 0.1) is 5.75 Å². The van der Waals surface area contributed by atoms with Gasteiger partial charge < -0.3 is 5.32 Å². The van der Waals surface area contributed by atoms with Gasteiger partial charge in [0, 0.05) is 26.4 Å². The van der Waals surface area contributed by atoms with Gasteiger partial charge in [-0.1, -0.05) is 64.4 Å². The number of rotatable bonds is 7. The van der Waals surface area contributed by atoms with Crippen LogP contribution in [0.5, 0.6) is 0 Å². The molecule has 0 aliphatic heterocycles. The number of para-hydroxylation sites is 1. The minimum absolute atomic E-state index is 0.0872. The lowest BCUT2D eigenvalue weighted by Gasteiger charge is -2.14. The lowest BCUT2D eigenvalue weighted by atomic mass is 10.1. The molecule has 4 aromatic rings. The van der Waals surface area contributed by atoms with E-state index in [4.69, 9.17) is 11.6 Å². The molecule has 0 unspecified atom stereocenters. The average Bonchev–Trinajstić information content (AvgIpc) is 3.24. The molecule has 8 heteroatoms. The molecule has 168 valence electrons. The van der Waals surface area contributed by atoms with E-state index in [0.29, 0.717) is 16.0 Å². The Morgan fingerprint density at radius 3 is 2.52 bits per heavy atom. The van der Waals surface area contributed by atoms with E-state index in [1.165, 1.54) is 11.8 Å². The first-order valence-corrected chi connectivity index (χ1v) is 12.6. The summed E-state index contributed by atoms with van der Waals surface area (Å²) in [6, 6.07) is 21.4. The fourth-order valence-electron chi connectivity index (χ4n) is 3.54. The monoisotopic (exact) mass is 540 g/mol. The molecule has 4 rings (SSSR count). The van der Waals surface area contributed by atoms with Gasteiger partial charge in [-0.05, 0) is 73.0 Å². The maximum atomic E-state index is 12.8. The lowest BCUT2D eigenvalue weighted by Crippen LogP contribution is -2.16. The smallest absolute Gasteiger partial charge is 0.234 e. The normalized spacial score (nSPS) is 10.9. The highest BCUT2D eigenvalue weighted by atomic mass is 79.9. The van der Waals surface area contributed by atoms with Gasteiger partial charge in [0.2, 0.25) is 5.91 Å². The van der Waals surface area contributed by atoms with Crippen LogP contribution in [-0.2, 0) is 11.2 Å². The third kappa shape index (κ3) is 5.49. The zero-order valence-corrected chi connectivity index (χ0v) is 21.3. The first-order valence-electron chi connectivity index (χ1n) is 10.4. The molecule has 0 bridgehead atoms. The molecule has 3 aromatic carbocycles. The third-order valence-electron chi connectivity index (χ3n) is 5.11. The minimum atomic E-state index is -0.0872. The van der Waals surface area contributed by atoms with Gasteiger partial charge in [0.25, 0.3) is 0 Å². The van der Waals surface area contributed by atoms with Crippen molar-refractivity contribution in [3.8, 4) is 17.1 Å². The molecular formula is C25H22BrClN4OS. The van der Waals surface area contributed by atoms with Crippen molar-refractivity contribution in [2.24, 2.45) is 0 Å². The topological polar surface area (TPSA) is 59.8 Å². The van der Waals surface area contributed by atoms with Crippen LogP contribution in [-0.4, -0.2) is 26.4 Å². The van der Waals surface area contributed by atoms with Gasteiger partial charge in [-0.25, -0.2) is 0 Å². The predicted octanol–water partition coefficient (Wildman–Crippen LogP) is 6.95. The van der Waals surface area contributed by atoms with Crippen molar-refractivity contribution >= 4 is 50.9 Å². The number of amides is 1. The molecule has 0 fully saturated rings. The largest absolute Gasteiger partial charge is 0.325 e. The van der Waals surface area contributed by atoms with Crippen molar-refractivity contribution in [1.82, 2.24) is 14.8 Å². The van der Waals surface area contributed by atoms with E-state index in [9.17, 15) is 4.79 Å². The van der Waals surface area contributed by atoms with Crippen molar-refractivity contribution in [3.63, 3.8) is 0 Å². The Morgan fingerprint density at radius 2 is 1.82 bits per heavy atom. The molecule has 33 heavy (non-hydrogen) atoms. The number of carbonyl (C=O) groups excluding carboxylic acids is 1. The van der Waals surface area contributed by atoms with Crippen LogP contribution in [0.2, 0.25) is 5.02 Å². The van der Waals surface area contributed by atoms with Crippen molar-refractivity contribution in [1.29, 1.82) is 0 Å². The maximum Gasteiger partial charge on any atom is 0.234 e. The average molecular weight is 542 g/mol. The van der Waals surface area contributed by atoms with Crippen LogP contribution in [0.3, 0.4) is 0 Å². The molecular weight excluding hydrogens is 520 g/mol. The molecule has 0 saturated carbocycles. The number of aryl methyl sites for hydroxylation is 2. The zero-order chi connectivity index (χ0) is 23.4. The summed E-state index contributed by atoms with van der Waals surface area (Å²) in [7, 11) is 0. The first kappa shape index (κ1) is 23.5. The molecule has 1 N–H and O–H groups in total. The summed E-state index contributed by atoms with van der Waals surface area (Å²) in [5.41, 5.74) is 4.81. The van der Waals surface area contributed by atoms with Gasteiger partial charge in [-0.2, -0.15) is 0 Å². The van der Waals surface area contributed by atoms with Crippen molar-refractivity contribution < 1.29 is 4.79 Å². The van der Waals surface area contributed by atoms with E-state index in [1.807, 2.05) is 78.2 Å². The minimum Gasteiger partial charge on any atom is -0.325 e. The van der Waals surface area contributed by atoms with Crippen LogP contribution >= 0.6 is 39.3 Å². The molecule has 0 radical (unpaired) electrons. The van der Waals surface area contributed by atoms with E-state index in [0.717, 1.165) is 39.0 Å². The van der Waals surface area contributed by atoms with Gasteiger partial charge in [-0.15, -0.1) is 10.2 Å². The fraction of sp³-hybridized carbons (Fsp3) is 0.160. The number of carbonyl (C=O) groups is 1. The van der Waals surface area contributed by atoms with Crippen LogP contribution in [0.15, 0.2) is 76.4 Å². The summed E-state index contributed by atoms with van der Waals surface area (Å²) in [5, 5.41) is 13.2. The van der Waals surface area contributed by atoms with E-state index in [1.54, 1.807) is 0 Å². The molecule has 0 aliphatic carbocycles. The molecule has 5 nitrogen and oxygen atoms in total. The number of nitrogens with zero attached hydrogens (tertiary/aromatic N) is 3. The van der Waals surface area contributed by atoms with Crippen LogP contribution in [0.4, 0.5) is 5.69 Å². The van der Waals surface area contributed by atoms with E-state index in [2.05, 4.69) is 38.4 Å². The highest BCUT2D eigenvalue weighted by molar-refractivity contribution is 9.10. The molecule has 1 aromatic heterocycles. The SMILES string of the molecule is CCc1cc(Br)cc(C)c1NC(=O)CSc1nnc(-c2ccc(Cl)cc2)n1-c1ccccc1. The second-order valence-corrected chi connectivity index (χ2v) is 9.73. The summed E-state index contributed by atoms with van der Waals surface area (Å²) in [6.45, 7) is 4.07. The Bertz CT molecular complexity index is 1280. The Hall–Kier alpha value is -2.61. The number of thioether (sulfide) groups is 1. The van der Waals surface area contributed by atoms with Crippen molar-refractivity contribution in [2.75, 3.05) is 11.1 Å². The Kier molecular flexibility index (Phi) is 7.53. The summed E-state index contributed by atoms with van der Waals surface area (Å²) >= 11 is 10.9. The second kappa shape index (κ2) is 10.5. The number of benzene rings is 3. The lowest BCUT2D eigenvalue weighted by molar-refractivity contribution is -0.113. The van der Waals surface area contributed by atoms with E-state index in [-0.39, 0.29) is 11.7 Å².